The first-order valence-corrected chi connectivity index (χ1v) is 13.9. The first kappa shape index (κ1) is 25.8. The Bertz CT molecular complexity index is 1200. The fourth-order valence-corrected chi connectivity index (χ4v) is 5.74. The number of likely N-dealkylation sites (tertiary alicyclic amines) is 2. The number of hydrogen-bond acceptors (Lipinski definition) is 4. The van der Waals surface area contributed by atoms with Crippen molar-refractivity contribution in [2.45, 2.75) is 51.6 Å². The molecule has 0 spiro atoms. The number of nitrogens with zero attached hydrogens (tertiary/aromatic N) is 2. The van der Waals surface area contributed by atoms with Gasteiger partial charge in [0.25, 0.3) is 5.91 Å². The minimum atomic E-state index is -0.107. The molecule has 2 aliphatic rings. The molecule has 2 N–H and O–H groups in total. The molecule has 1 amide bonds. The minimum absolute atomic E-state index is 0.107. The van der Waals surface area contributed by atoms with E-state index in [0.717, 1.165) is 35.2 Å². The number of amides is 1. The summed E-state index contributed by atoms with van der Waals surface area (Å²) in [5.41, 5.74) is 5.60. The van der Waals surface area contributed by atoms with Gasteiger partial charge in [0, 0.05) is 40.2 Å². The van der Waals surface area contributed by atoms with E-state index >= 15 is 0 Å². The van der Waals surface area contributed by atoms with Gasteiger partial charge in [-0.25, -0.2) is 0 Å². The van der Waals surface area contributed by atoms with Crippen LogP contribution in [0.3, 0.4) is 0 Å². The Morgan fingerprint density at radius 1 is 0.892 bits per heavy atom. The molecule has 194 valence electrons. The van der Waals surface area contributed by atoms with Crippen LogP contribution in [0.5, 0.6) is 0 Å². The Kier molecular flexibility index (Phi) is 8.45. The van der Waals surface area contributed by atoms with Gasteiger partial charge >= 0.3 is 0 Å². The van der Waals surface area contributed by atoms with Crippen LogP contribution in [0.2, 0.25) is 5.02 Å². The van der Waals surface area contributed by atoms with Crippen LogP contribution >= 0.6 is 11.6 Å². The summed E-state index contributed by atoms with van der Waals surface area (Å²) in [6, 6.07) is 22.3. The highest BCUT2D eigenvalue weighted by Crippen LogP contribution is 2.25. The molecule has 0 aliphatic carbocycles. The molecule has 2 fully saturated rings. The predicted octanol–water partition coefficient (Wildman–Crippen LogP) is 7.09. The summed E-state index contributed by atoms with van der Waals surface area (Å²) >= 11 is 6.09. The molecule has 3 aromatic carbocycles. The summed E-state index contributed by atoms with van der Waals surface area (Å²) in [4.78, 5) is 18.2. The topological polar surface area (TPSA) is 47.6 Å². The monoisotopic (exact) mass is 516 g/mol. The van der Waals surface area contributed by atoms with Gasteiger partial charge in [-0.05, 0) is 118 Å². The standard InChI is InChI=1S/C31H37ClN4O/c1-23-20-25(10-13-30(23)33-28-7-5-6-26(32)21-28)31(37)34-27-11-8-24(9-12-27)22-35-18-14-29(15-19-35)36-16-3-2-4-17-36/h5-13,20-21,29,33H,2-4,14-19,22H2,1H3,(H,34,37). The van der Waals surface area contributed by atoms with E-state index in [1.165, 1.54) is 63.8 Å². The van der Waals surface area contributed by atoms with Gasteiger partial charge in [0.2, 0.25) is 0 Å². The van der Waals surface area contributed by atoms with Gasteiger partial charge in [0.05, 0.1) is 0 Å². The quantitative estimate of drug-likeness (QED) is 0.352. The van der Waals surface area contributed by atoms with Gasteiger partial charge in [0.1, 0.15) is 0 Å². The summed E-state index contributed by atoms with van der Waals surface area (Å²) in [5.74, 6) is -0.107. The molecule has 2 aliphatic heterocycles. The number of hydrogen-bond donors (Lipinski definition) is 2. The maximum absolute atomic E-state index is 12.9. The van der Waals surface area contributed by atoms with Crippen molar-refractivity contribution in [1.82, 2.24) is 9.80 Å². The second-order valence-corrected chi connectivity index (χ2v) is 10.9. The average Bonchev–Trinajstić information content (AvgIpc) is 2.92. The van der Waals surface area contributed by atoms with Crippen LogP contribution in [0.25, 0.3) is 0 Å². The molecule has 5 rings (SSSR count). The summed E-state index contributed by atoms with van der Waals surface area (Å²) in [6.45, 7) is 7.89. The summed E-state index contributed by atoms with van der Waals surface area (Å²) in [7, 11) is 0. The number of anilines is 3. The van der Waals surface area contributed by atoms with E-state index in [0.29, 0.717) is 10.6 Å². The van der Waals surface area contributed by atoms with Gasteiger partial charge in [0.15, 0.2) is 0 Å². The van der Waals surface area contributed by atoms with E-state index in [-0.39, 0.29) is 5.91 Å². The SMILES string of the molecule is Cc1cc(C(=O)Nc2ccc(CN3CCC(N4CCCCC4)CC3)cc2)ccc1Nc1cccc(Cl)c1. The maximum atomic E-state index is 12.9. The van der Waals surface area contributed by atoms with E-state index in [9.17, 15) is 4.79 Å². The van der Waals surface area contributed by atoms with Crippen LogP contribution < -0.4 is 10.6 Å². The van der Waals surface area contributed by atoms with Crippen LogP contribution in [-0.2, 0) is 6.54 Å². The minimum Gasteiger partial charge on any atom is -0.355 e. The van der Waals surface area contributed by atoms with Gasteiger partial charge in [-0.2, -0.15) is 0 Å². The van der Waals surface area contributed by atoms with Crippen molar-refractivity contribution in [1.29, 1.82) is 0 Å². The number of benzene rings is 3. The molecule has 0 radical (unpaired) electrons. The van der Waals surface area contributed by atoms with Crippen molar-refractivity contribution in [3.05, 3.63) is 88.4 Å². The van der Waals surface area contributed by atoms with Crippen molar-refractivity contribution in [2.24, 2.45) is 0 Å². The molecule has 6 heteroatoms. The zero-order valence-electron chi connectivity index (χ0n) is 21.7. The molecule has 5 nitrogen and oxygen atoms in total. The third kappa shape index (κ3) is 6.92. The number of halogens is 1. The third-order valence-corrected chi connectivity index (χ3v) is 7.91. The molecule has 0 atom stereocenters. The first-order valence-electron chi connectivity index (χ1n) is 13.5. The largest absolute Gasteiger partial charge is 0.355 e. The van der Waals surface area contributed by atoms with E-state index in [4.69, 9.17) is 11.6 Å². The van der Waals surface area contributed by atoms with Gasteiger partial charge in [-0.15, -0.1) is 0 Å². The normalized spacial score (nSPS) is 17.5. The lowest BCUT2D eigenvalue weighted by molar-refractivity contribution is 0.0896. The maximum Gasteiger partial charge on any atom is 0.255 e. The number of rotatable bonds is 7. The molecule has 37 heavy (non-hydrogen) atoms. The predicted molar refractivity (Wildman–Crippen MR) is 154 cm³/mol. The number of carbonyl (C=O) groups excluding carboxylic acids is 1. The second kappa shape index (κ2) is 12.1. The third-order valence-electron chi connectivity index (χ3n) is 7.67. The molecule has 2 saturated heterocycles. The first-order chi connectivity index (χ1) is 18.0. The Hall–Kier alpha value is -2.86. The second-order valence-electron chi connectivity index (χ2n) is 10.4. The fraction of sp³-hybridized carbons (Fsp3) is 0.387. The molecular weight excluding hydrogens is 480 g/mol. The molecule has 0 aromatic heterocycles. The molecule has 0 saturated carbocycles. The molecule has 2 heterocycles. The van der Waals surface area contributed by atoms with E-state index in [1.807, 2.05) is 61.5 Å². The Morgan fingerprint density at radius 2 is 1.65 bits per heavy atom. The highest BCUT2D eigenvalue weighted by molar-refractivity contribution is 6.30. The van der Waals surface area contributed by atoms with E-state index in [2.05, 4.69) is 32.6 Å². The molecular formula is C31H37ClN4O. The van der Waals surface area contributed by atoms with Gasteiger partial charge < -0.3 is 15.5 Å². The summed E-state index contributed by atoms with van der Waals surface area (Å²) < 4.78 is 0. The van der Waals surface area contributed by atoms with Gasteiger partial charge in [-0.1, -0.05) is 36.2 Å². The summed E-state index contributed by atoms with van der Waals surface area (Å²) in [6.07, 6.45) is 6.70. The molecule has 0 unspecified atom stereocenters. The van der Waals surface area contributed by atoms with Crippen LogP contribution in [0, 0.1) is 6.92 Å². The van der Waals surface area contributed by atoms with Crippen LogP contribution in [0.1, 0.15) is 53.6 Å². The van der Waals surface area contributed by atoms with Gasteiger partial charge in [-0.3, -0.25) is 9.69 Å². The number of carbonyl (C=O) groups is 1. The Morgan fingerprint density at radius 3 is 2.35 bits per heavy atom. The average molecular weight is 517 g/mol. The van der Waals surface area contributed by atoms with Crippen molar-refractivity contribution in [3.8, 4) is 0 Å². The highest BCUT2D eigenvalue weighted by Gasteiger charge is 2.25. The van der Waals surface area contributed by atoms with E-state index < -0.39 is 0 Å². The highest BCUT2D eigenvalue weighted by atomic mass is 35.5. The Balaban J connectivity index is 1.12. The van der Waals surface area contributed by atoms with Crippen LogP contribution in [0.15, 0.2) is 66.7 Å². The number of nitrogens with one attached hydrogen (secondary N) is 2. The van der Waals surface area contributed by atoms with Crippen LogP contribution in [0.4, 0.5) is 17.1 Å². The summed E-state index contributed by atoms with van der Waals surface area (Å²) in [5, 5.41) is 7.09. The van der Waals surface area contributed by atoms with Crippen molar-refractivity contribution >= 4 is 34.6 Å². The molecule has 3 aromatic rings. The van der Waals surface area contributed by atoms with Crippen molar-refractivity contribution in [3.63, 3.8) is 0 Å². The van der Waals surface area contributed by atoms with Crippen molar-refractivity contribution < 1.29 is 4.79 Å². The Labute approximate surface area is 225 Å². The van der Waals surface area contributed by atoms with Crippen molar-refractivity contribution in [2.75, 3.05) is 36.8 Å². The smallest absolute Gasteiger partial charge is 0.255 e. The lowest BCUT2D eigenvalue weighted by atomic mass is 9.99. The zero-order valence-corrected chi connectivity index (χ0v) is 22.4. The van der Waals surface area contributed by atoms with Crippen LogP contribution in [-0.4, -0.2) is 47.9 Å². The fourth-order valence-electron chi connectivity index (χ4n) is 5.55. The molecule has 0 bridgehead atoms. The van der Waals surface area contributed by atoms with E-state index in [1.54, 1.807) is 0 Å². The number of aryl methyl sites for hydroxylation is 1. The lowest BCUT2D eigenvalue weighted by Crippen LogP contribution is -2.46. The number of piperidine rings is 2. The lowest BCUT2D eigenvalue weighted by Gasteiger charge is -2.40. The zero-order chi connectivity index (χ0) is 25.6.